The van der Waals surface area contributed by atoms with E-state index < -0.39 is 0 Å². The first-order chi connectivity index (χ1) is 9.74. The quantitative estimate of drug-likeness (QED) is 0.633. The van der Waals surface area contributed by atoms with Gasteiger partial charge in [0.1, 0.15) is 0 Å². The smallest absolute Gasteiger partial charge is 0.231 e. The maximum Gasteiger partial charge on any atom is 0.231 e. The molecule has 0 atom stereocenters. The number of nitrogens with zero attached hydrogens (tertiary/aromatic N) is 2. The van der Waals surface area contributed by atoms with Gasteiger partial charge < -0.3 is 9.47 Å². The van der Waals surface area contributed by atoms with Crippen molar-refractivity contribution in [2.75, 3.05) is 18.8 Å². The fourth-order valence-electron chi connectivity index (χ4n) is 2.11. The zero-order valence-corrected chi connectivity index (χ0v) is 11.5. The Bertz CT molecular complexity index is 638. The highest BCUT2D eigenvalue weighted by Gasteiger charge is 2.14. The van der Waals surface area contributed by atoms with Gasteiger partial charge in [0, 0.05) is 13.1 Å². The Morgan fingerprint density at radius 1 is 1.05 bits per heavy atom. The summed E-state index contributed by atoms with van der Waals surface area (Å²) in [5, 5.41) is 6.43. The molecule has 0 aromatic heterocycles. The van der Waals surface area contributed by atoms with E-state index in [0.717, 1.165) is 28.5 Å². The Labute approximate surface area is 118 Å². The number of benzene rings is 2. The Kier molecular flexibility index (Phi) is 3.29. The van der Waals surface area contributed by atoms with Crippen LogP contribution < -0.4 is 14.5 Å². The second-order valence-corrected chi connectivity index (χ2v) is 4.61. The highest BCUT2D eigenvalue weighted by atomic mass is 16.7. The molecule has 0 aliphatic carbocycles. The minimum Gasteiger partial charge on any atom is -0.454 e. The van der Waals surface area contributed by atoms with Crippen LogP contribution in [0.25, 0.3) is 0 Å². The normalized spacial score (nSPS) is 13.4. The van der Waals surface area contributed by atoms with Crippen molar-refractivity contribution in [2.24, 2.45) is 5.10 Å². The van der Waals surface area contributed by atoms with E-state index in [1.807, 2.05) is 67.5 Å². The Morgan fingerprint density at radius 2 is 1.80 bits per heavy atom. The SMILES string of the molecule is CC(=NN(C)c1ccc2c(c1)OCO2)c1ccccc1. The summed E-state index contributed by atoms with van der Waals surface area (Å²) in [6.07, 6.45) is 0. The number of ether oxygens (including phenoxy) is 2. The molecule has 0 spiro atoms. The lowest BCUT2D eigenvalue weighted by Crippen LogP contribution is -2.12. The van der Waals surface area contributed by atoms with Crippen LogP contribution in [0.3, 0.4) is 0 Å². The minimum atomic E-state index is 0.287. The van der Waals surface area contributed by atoms with Gasteiger partial charge in [0.2, 0.25) is 6.79 Å². The average molecular weight is 268 g/mol. The number of hydrazone groups is 1. The van der Waals surface area contributed by atoms with Crippen LogP contribution in [-0.4, -0.2) is 19.6 Å². The molecule has 0 saturated heterocycles. The van der Waals surface area contributed by atoms with Gasteiger partial charge in [-0.05, 0) is 24.6 Å². The molecule has 1 aliphatic heterocycles. The summed E-state index contributed by atoms with van der Waals surface area (Å²) in [7, 11) is 1.92. The molecule has 0 amide bonds. The van der Waals surface area contributed by atoms with Gasteiger partial charge in [-0.2, -0.15) is 5.10 Å². The van der Waals surface area contributed by atoms with Crippen molar-refractivity contribution in [3.63, 3.8) is 0 Å². The average Bonchev–Trinajstić information content (AvgIpc) is 2.95. The van der Waals surface area contributed by atoms with Gasteiger partial charge in [0.25, 0.3) is 0 Å². The third-order valence-electron chi connectivity index (χ3n) is 3.22. The molecule has 2 aromatic carbocycles. The van der Waals surface area contributed by atoms with Crippen molar-refractivity contribution in [3.05, 3.63) is 54.1 Å². The molecule has 2 aromatic rings. The summed E-state index contributed by atoms with van der Waals surface area (Å²) >= 11 is 0. The number of fused-ring (bicyclic) bond motifs is 1. The van der Waals surface area contributed by atoms with Crippen molar-refractivity contribution in [1.82, 2.24) is 0 Å². The van der Waals surface area contributed by atoms with Gasteiger partial charge >= 0.3 is 0 Å². The molecular weight excluding hydrogens is 252 g/mol. The molecule has 0 unspecified atom stereocenters. The second-order valence-electron chi connectivity index (χ2n) is 4.61. The van der Waals surface area contributed by atoms with E-state index in [4.69, 9.17) is 9.47 Å². The highest BCUT2D eigenvalue weighted by Crippen LogP contribution is 2.35. The summed E-state index contributed by atoms with van der Waals surface area (Å²) in [6.45, 7) is 2.29. The van der Waals surface area contributed by atoms with Gasteiger partial charge in [-0.3, -0.25) is 5.01 Å². The molecule has 0 radical (unpaired) electrons. The fourth-order valence-corrected chi connectivity index (χ4v) is 2.11. The lowest BCUT2D eigenvalue weighted by Gasteiger charge is -2.15. The van der Waals surface area contributed by atoms with Crippen molar-refractivity contribution >= 4 is 11.4 Å². The van der Waals surface area contributed by atoms with E-state index >= 15 is 0 Å². The summed E-state index contributed by atoms with van der Waals surface area (Å²) in [5.41, 5.74) is 3.04. The van der Waals surface area contributed by atoms with Gasteiger partial charge in [0.15, 0.2) is 11.5 Å². The fraction of sp³-hybridized carbons (Fsp3) is 0.188. The molecule has 4 nitrogen and oxygen atoms in total. The van der Waals surface area contributed by atoms with Crippen LogP contribution in [0.1, 0.15) is 12.5 Å². The first-order valence-electron chi connectivity index (χ1n) is 6.48. The molecule has 0 saturated carbocycles. The van der Waals surface area contributed by atoms with Crippen LogP contribution in [0, 0.1) is 0 Å². The van der Waals surface area contributed by atoms with Crippen LogP contribution in [0.15, 0.2) is 53.6 Å². The Morgan fingerprint density at radius 3 is 2.60 bits per heavy atom. The maximum atomic E-state index is 5.38. The van der Waals surface area contributed by atoms with Crippen molar-refractivity contribution < 1.29 is 9.47 Å². The Hall–Kier alpha value is -2.49. The van der Waals surface area contributed by atoms with Crippen LogP contribution in [0.4, 0.5) is 5.69 Å². The molecule has 0 fully saturated rings. The van der Waals surface area contributed by atoms with Gasteiger partial charge in [-0.25, -0.2) is 0 Å². The Balaban J connectivity index is 1.84. The largest absolute Gasteiger partial charge is 0.454 e. The predicted molar refractivity (Wildman–Crippen MR) is 79.6 cm³/mol. The molecule has 102 valence electrons. The highest BCUT2D eigenvalue weighted by molar-refractivity contribution is 5.99. The number of rotatable bonds is 3. The first kappa shape index (κ1) is 12.5. The third-order valence-corrected chi connectivity index (χ3v) is 3.22. The summed E-state index contributed by atoms with van der Waals surface area (Å²) in [6, 6.07) is 15.9. The number of hydrogen-bond donors (Lipinski definition) is 0. The van der Waals surface area contributed by atoms with Crippen LogP contribution in [0.2, 0.25) is 0 Å². The van der Waals surface area contributed by atoms with E-state index in [1.54, 1.807) is 0 Å². The minimum absolute atomic E-state index is 0.287. The monoisotopic (exact) mass is 268 g/mol. The van der Waals surface area contributed by atoms with E-state index in [0.29, 0.717) is 0 Å². The van der Waals surface area contributed by atoms with Crippen molar-refractivity contribution in [1.29, 1.82) is 0 Å². The lowest BCUT2D eigenvalue weighted by molar-refractivity contribution is 0.174. The molecule has 1 heterocycles. The molecular formula is C16H16N2O2. The molecule has 20 heavy (non-hydrogen) atoms. The molecule has 0 N–H and O–H groups in total. The van der Waals surface area contributed by atoms with E-state index in [9.17, 15) is 0 Å². The topological polar surface area (TPSA) is 34.1 Å². The van der Waals surface area contributed by atoms with Crippen LogP contribution >= 0.6 is 0 Å². The van der Waals surface area contributed by atoms with Crippen LogP contribution in [-0.2, 0) is 0 Å². The van der Waals surface area contributed by atoms with Crippen molar-refractivity contribution in [2.45, 2.75) is 6.92 Å². The number of hydrogen-bond acceptors (Lipinski definition) is 4. The molecule has 0 bridgehead atoms. The third kappa shape index (κ3) is 2.45. The van der Waals surface area contributed by atoms with E-state index in [2.05, 4.69) is 5.10 Å². The van der Waals surface area contributed by atoms with Gasteiger partial charge in [-0.15, -0.1) is 0 Å². The first-order valence-corrected chi connectivity index (χ1v) is 6.48. The van der Waals surface area contributed by atoms with Gasteiger partial charge in [-0.1, -0.05) is 30.3 Å². The van der Waals surface area contributed by atoms with E-state index in [1.165, 1.54) is 0 Å². The standard InChI is InChI=1S/C16H16N2O2/c1-12(13-6-4-3-5-7-13)17-18(2)14-8-9-15-16(10-14)20-11-19-15/h3-10H,11H2,1-2H3. The zero-order valence-electron chi connectivity index (χ0n) is 11.5. The number of anilines is 1. The van der Waals surface area contributed by atoms with Crippen LogP contribution in [0.5, 0.6) is 11.5 Å². The molecule has 3 rings (SSSR count). The summed E-state index contributed by atoms with van der Waals surface area (Å²) in [5.74, 6) is 1.55. The molecule has 1 aliphatic rings. The summed E-state index contributed by atoms with van der Waals surface area (Å²) in [4.78, 5) is 0. The van der Waals surface area contributed by atoms with E-state index in [-0.39, 0.29) is 6.79 Å². The second kappa shape index (κ2) is 5.25. The summed E-state index contributed by atoms with van der Waals surface area (Å²) < 4.78 is 10.7. The maximum absolute atomic E-state index is 5.38. The zero-order chi connectivity index (χ0) is 13.9. The molecule has 4 heteroatoms. The lowest BCUT2D eigenvalue weighted by atomic mass is 10.1. The van der Waals surface area contributed by atoms with Crippen molar-refractivity contribution in [3.8, 4) is 11.5 Å². The van der Waals surface area contributed by atoms with Gasteiger partial charge in [0.05, 0.1) is 11.4 Å². The predicted octanol–water partition coefficient (Wildman–Crippen LogP) is 3.28.